The second-order valence-corrected chi connectivity index (χ2v) is 10.3. The molecule has 2 aliphatic heterocycles. The van der Waals surface area contributed by atoms with Crippen LogP contribution in [0, 0.1) is 0 Å². The molecule has 0 saturated carbocycles. The highest BCUT2D eigenvalue weighted by Gasteiger charge is 2.47. The largest absolute Gasteiger partial charge is 0.508 e. The summed E-state index contributed by atoms with van der Waals surface area (Å²) in [7, 11) is 0. The smallest absolute Gasteiger partial charge is 0.239 e. The van der Waals surface area contributed by atoms with Crippen molar-refractivity contribution in [1.29, 1.82) is 0 Å². The third-order valence-electron chi connectivity index (χ3n) is 7.29. The first-order valence-corrected chi connectivity index (χ1v) is 13.0. The molecule has 3 aromatic rings. The molecule has 2 fully saturated rings. The first-order valence-electron chi connectivity index (χ1n) is 13.0. The third kappa shape index (κ3) is 5.67. The summed E-state index contributed by atoms with van der Waals surface area (Å²) in [5.41, 5.74) is -1.35. The summed E-state index contributed by atoms with van der Waals surface area (Å²) in [6.45, 7) is 0.818. The Balaban J connectivity index is 1.48. The summed E-state index contributed by atoms with van der Waals surface area (Å²) in [4.78, 5) is 13.6. The topological polar surface area (TPSA) is 269 Å². The Morgan fingerprint density at radius 2 is 1.42 bits per heavy atom. The van der Waals surface area contributed by atoms with Gasteiger partial charge in [-0.05, 0) is 25.1 Å². The van der Waals surface area contributed by atoms with Gasteiger partial charge in [-0.25, -0.2) is 0 Å². The lowest BCUT2D eigenvalue weighted by Gasteiger charge is -2.42. The molecule has 0 spiro atoms. The standard InChI is InChI=1S/C27H30O16/c1-8-17(32)20(35)22(37)26(40-8)39-7-15-18(33)21(36)23(38)27(42-15)43-25-19(34)16-13(31)5-10(28)6-14(16)41-24(25)9-2-3-11(29)12(30)4-9/h2-6,8,15,17-18,20-23,26-33,35-38H,7H2,1H3/t8-,15+,17+,18+,20+,21-,22-,23+,26-,27-/m1/s1. The van der Waals surface area contributed by atoms with Crippen LogP contribution < -0.4 is 10.2 Å². The number of benzene rings is 2. The normalized spacial score (nSPS) is 33.0. The molecular weight excluding hydrogens is 580 g/mol. The number of hydrogen-bond donors (Lipinski definition) is 10. The zero-order valence-corrected chi connectivity index (χ0v) is 22.3. The van der Waals surface area contributed by atoms with Gasteiger partial charge >= 0.3 is 0 Å². The van der Waals surface area contributed by atoms with E-state index in [4.69, 9.17) is 23.4 Å². The van der Waals surface area contributed by atoms with E-state index in [-0.39, 0.29) is 11.1 Å². The maximum absolute atomic E-state index is 13.6. The maximum atomic E-state index is 13.6. The minimum absolute atomic E-state index is 0.0313. The van der Waals surface area contributed by atoms with Gasteiger partial charge in [-0.2, -0.15) is 0 Å². The van der Waals surface area contributed by atoms with E-state index in [1.54, 1.807) is 0 Å². The average Bonchev–Trinajstić information content (AvgIpc) is 2.96. The minimum atomic E-state index is -1.97. The number of rotatable bonds is 6. The van der Waals surface area contributed by atoms with Crippen molar-refractivity contribution in [3.05, 3.63) is 40.6 Å². The number of fused-ring (bicyclic) bond motifs is 1. The van der Waals surface area contributed by atoms with Crippen molar-refractivity contribution in [3.8, 4) is 40.1 Å². The summed E-state index contributed by atoms with van der Waals surface area (Å²) < 4.78 is 27.8. The average molecular weight is 611 g/mol. The van der Waals surface area contributed by atoms with E-state index >= 15 is 0 Å². The van der Waals surface area contributed by atoms with Gasteiger partial charge in [0.2, 0.25) is 17.5 Å². The summed E-state index contributed by atoms with van der Waals surface area (Å²) >= 11 is 0. The van der Waals surface area contributed by atoms with Gasteiger partial charge in [0, 0.05) is 17.7 Å². The molecular formula is C27H30O16. The molecule has 43 heavy (non-hydrogen) atoms. The molecule has 16 heteroatoms. The van der Waals surface area contributed by atoms with Crippen LogP contribution >= 0.6 is 0 Å². The predicted octanol–water partition coefficient (Wildman–Crippen LogP) is -1.69. The predicted molar refractivity (Wildman–Crippen MR) is 140 cm³/mol. The van der Waals surface area contributed by atoms with Gasteiger partial charge < -0.3 is 74.4 Å². The van der Waals surface area contributed by atoms with Crippen molar-refractivity contribution in [2.75, 3.05) is 6.61 Å². The van der Waals surface area contributed by atoms with Gasteiger partial charge in [0.05, 0.1) is 12.7 Å². The fourth-order valence-corrected chi connectivity index (χ4v) is 4.84. The van der Waals surface area contributed by atoms with Crippen molar-refractivity contribution in [2.24, 2.45) is 0 Å². The quantitative estimate of drug-likeness (QED) is 0.140. The molecule has 3 heterocycles. The Bertz CT molecular complexity index is 1540. The molecule has 10 N–H and O–H groups in total. The highest BCUT2D eigenvalue weighted by molar-refractivity contribution is 5.88. The first-order chi connectivity index (χ1) is 20.3. The summed E-state index contributed by atoms with van der Waals surface area (Å²) in [5, 5.41) is 101. The molecule has 1 aromatic heterocycles. The number of phenolic OH excluding ortho intramolecular Hbond substituents is 4. The van der Waals surface area contributed by atoms with Crippen molar-refractivity contribution in [1.82, 2.24) is 0 Å². The molecule has 0 unspecified atom stereocenters. The van der Waals surface area contributed by atoms with Crippen LogP contribution in [-0.4, -0.2) is 119 Å². The Hall–Kier alpha value is -3.71. The van der Waals surface area contributed by atoms with Gasteiger partial charge in [0.15, 0.2) is 23.5 Å². The Labute approximate surface area is 241 Å². The number of aromatic hydroxyl groups is 4. The van der Waals surface area contributed by atoms with E-state index in [9.17, 15) is 55.9 Å². The van der Waals surface area contributed by atoms with Crippen molar-refractivity contribution in [2.45, 2.75) is 68.3 Å². The van der Waals surface area contributed by atoms with Crippen LogP contribution in [-0.2, 0) is 14.2 Å². The SMILES string of the molecule is C[C@H]1O[C@@H](OC[C@@H]2O[C@H](Oc3c(-c4ccc(O)c(O)c4)oc4cc(O)cc(O)c4c3=O)[C@@H](O)[C@H](O)[C@H]2O)[C@H](O)[C@@H](O)[C@H]1O. The monoisotopic (exact) mass is 610 g/mol. The number of phenols is 4. The highest BCUT2D eigenvalue weighted by atomic mass is 16.7. The van der Waals surface area contributed by atoms with Crippen LogP contribution in [0.5, 0.6) is 28.7 Å². The van der Waals surface area contributed by atoms with Crippen LogP contribution in [0.3, 0.4) is 0 Å². The van der Waals surface area contributed by atoms with E-state index in [1.807, 2.05) is 0 Å². The Morgan fingerprint density at radius 3 is 2.12 bits per heavy atom. The van der Waals surface area contributed by atoms with E-state index in [2.05, 4.69) is 0 Å². The van der Waals surface area contributed by atoms with Crippen LogP contribution in [0.4, 0.5) is 0 Å². The van der Waals surface area contributed by atoms with Gasteiger partial charge in [-0.15, -0.1) is 0 Å². The molecule has 10 atom stereocenters. The highest BCUT2D eigenvalue weighted by Crippen LogP contribution is 2.39. The number of ether oxygens (including phenoxy) is 4. The van der Waals surface area contributed by atoms with Crippen LogP contribution in [0.25, 0.3) is 22.3 Å². The van der Waals surface area contributed by atoms with Crippen LogP contribution in [0.15, 0.2) is 39.5 Å². The lowest BCUT2D eigenvalue weighted by Crippen LogP contribution is -2.61. The van der Waals surface area contributed by atoms with Crippen molar-refractivity contribution >= 4 is 11.0 Å². The van der Waals surface area contributed by atoms with Gasteiger partial charge in [-0.3, -0.25) is 4.79 Å². The zero-order valence-electron chi connectivity index (χ0n) is 22.3. The number of aliphatic hydroxyl groups is 6. The molecule has 0 aliphatic carbocycles. The molecule has 2 aromatic carbocycles. The molecule has 0 amide bonds. The molecule has 2 saturated heterocycles. The molecule has 0 radical (unpaired) electrons. The summed E-state index contributed by atoms with van der Waals surface area (Å²) in [6, 6.07) is 5.24. The first kappa shape index (κ1) is 30.7. The minimum Gasteiger partial charge on any atom is -0.508 e. The second-order valence-electron chi connectivity index (χ2n) is 10.3. The Morgan fingerprint density at radius 1 is 0.744 bits per heavy atom. The zero-order chi connectivity index (χ0) is 31.3. The van der Waals surface area contributed by atoms with Crippen molar-refractivity contribution < 1.29 is 74.4 Å². The van der Waals surface area contributed by atoms with Gasteiger partial charge in [-0.1, -0.05) is 0 Å². The lowest BCUT2D eigenvalue weighted by atomic mass is 9.98. The number of aliphatic hydroxyl groups excluding tert-OH is 6. The van der Waals surface area contributed by atoms with Crippen LogP contribution in [0.2, 0.25) is 0 Å². The number of hydrogen-bond acceptors (Lipinski definition) is 16. The van der Waals surface area contributed by atoms with E-state index in [0.29, 0.717) is 0 Å². The van der Waals surface area contributed by atoms with E-state index in [0.717, 1.165) is 24.3 Å². The fraction of sp³-hybridized carbons (Fsp3) is 0.444. The van der Waals surface area contributed by atoms with Crippen molar-refractivity contribution in [3.63, 3.8) is 0 Å². The molecule has 2 aliphatic rings. The molecule has 234 valence electrons. The lowest BCUT2D eigenvalue weighted by molar-refractivity contribution is -0.318. The molecule has 0 bridgehead atoms. The van der Waals surface area contributed by atoms with Crippen LogP contribution in [0.1, 0.15) is 6.92 Å². The summed E-state index contributed by atoms with van der Waals surface area (Å²) in [6.07, 6.45) is -16.2. The summed E-state index contributed by atoms with van der Waals surface area (Å²) in [5.74, 6) is -3.33. The van der Waals surface area contributed by atoms with Gasteiger partial charge in [0.1, 0.15) is 65.2 Å². The molecule has 5 rings (SSSR count). The van der Waals surface area contributed by atoms with E-state index in [1.165, 1.54) is 13.0 Å². The van der Waals surface area contributed by atoms with E-state index < -0.39 is 113 Å². The second kappa shape index (κ2) is 11.8. The third-order valence-corrected chi connectivity index (χ3v) is 7.29. The fourth-order valence-electron chi connectivity index (χ4n) is 4.84. The van der Waals surface area contributed by atoms with Gasteiger partial charge in [0.25, 0.3) is 0 Å². The maximum Gasteiger partial charge on any atom is 0.239 e. The Kier molecular flexibility index (Phi) is 8.41. The molecule has 16 nitrogen and oxygen atoms in total.